The van der Waals surface area contributed by atoms with Gasteiger partial charge in [0, 0.05) is 22.6 Å². The number of methoxy groups -OCH3 is 1. The SMILES string of the molecule is COc1ccc(-c2c3cccc(F)c3nn2Cc2ccc(F)cc2F)c(C)c1. The van der Waals surface area contributed by atoms with Crippen LogP contribution in [0.4, 0.5) is 13.2 Å². The number of hydrogen-bond acceptors (Lipinski definition) is 2. The van der Waals surface area contributed by atoms with Gasteiger partial charge in [-0.3, -0.25) is 4.68 Å². The molecule has 0 bridgehead atoms. The molecule has 0 saturated carbocycles. The van der Waals surface area contributed by atoms with E-state index in [9.17, 15) is 13.2 Å². The summed E-state index contributed by atoms with van der Waals surface area (Å²) in [6.45, 7) is 1.96. The molecule has 0 saturated heterocycles. The summed E-state index contributed by atoms with van der Waals surface area (Å²) in [5.74, 6) is -1.07. The van der Waals surface area contributed by atoms with Crippen LogP contribution >= 0.6 is 0 Å². The Bertz CT molecular complexity index is 1180. The van der Waals surface area contributed by atoms with E-state index in [0.717, 1.165) is 17.2 Å². The maximum atomic E-state index is 14.4. The average molecular weight is 382 g/mol. The van der Waals surface area contributed by atoms with Gasteiger partial charge in [-0.25, -0.2) is 13.2 Å². The summed E-state index contributed by atoms with van der Waals surface area (Å²) < 4.78 is 48.6. The van der Waals surface area contributed by atoms with Crippen molar-refractivity contribution in [1.29, 1.82) is 0 Å². The number of nitrogens with zero attached hydrogens (tertiary/aromatic N) is 2. The van der Waals surface area contributed by atoms with Crippen molar-refractivity contribution in [3.8, 4) is 17.0 Å². The molecule has 142 valence electrons. The van der Waals surface area contributed by atoms with E-state index in [1.807, 2.05) is 25.1 Å². The van der Waals surface area contributed by atoms with Crippen molar-refractivity contribution >= 4 is 10.9 Å². The molecule has 0 N–H and O–H groups in total. The molecular formula is C22H17F3N2O. The van der Waals surface area contributed by atoms with E-state index >= 15 is 0 Å². The average Bonchev–Trinajstić information content (AvgIpc) is 3.03. The van der Waals surface area contributed by atoms with E-state index in [1.54, 1.807) is 23.9 Å². The van der Waals surface area contributed by atoms with Crippen LogP contribution in [0.2, 0.25) is 0 Å². The Morgan fingerprint density at radius 3 is 2.50 bits per heavy atom. The van der Waals surface area contributed by atoms with Crippen LogP contribution in [-0.2, 0) is 6.54 Å². The largest absolute Gasteiger partial charge is 0.497 e. The third-order valence-corrected chi connectivity index (χ3v) is 4.74. The maximum absolute atomic E-state index is 14.4. The summed E-state index contributed by atoms with van der Waals surface area (Å²) in [6.07, 6.45) is 0. The van der Waals surface area contributed by atoms with Gasteiger partial charge in [-0.15, -0.1) is 0 Å². The number of fused-ring (bicyclic) bond motifs is 1. The van der Waals surface area contributed by atoms with Gasteiger partial charge in [0.1, 0.15) is 22.9 Å². The van der Waals surface area contributed by atoms with Crippen molar-refractivity contribution in [1.82, 2.24) is 9.78 Å². The van der Waals surface area contributed by atoms with Crippen LogP contribution in [0, 0.1) is 24.4 Å². The molecule has 3 nitrogen and oxygen atoms in total. The van der Waals surface area contributed by atoms with Gasteiger partial charge < -0.3 is 4.74 Å². The highest BCUT2D eigenvalue weighted by molar-refractivity contribution is 5.94. The smallest absolute Gasteiger partial charge is 0.151 e. The summed E-state index contributed by atoms with van der Waals surface area (Å²) in [5.41, 5.74) is 2.87. The lowest BCUT2D eigenvalue weighted by Crippen LogP contribution is -2.06. The Balaban J connectivity index is 1.93. The van der Waals surface area contributed by atoms with Crippen molar-refractivity contribution < 1.29 is 17.9 Å². The first-order valence-electron chi connectivity index (χ1n) is 8.72. The van der Waals surface area contributed by atoms with Crippen LogP contribution in [0.1, 0.15) is 11.1 Å². The van der Waals surface area contributed by atoms with Gasteiger partial charge in [-0.2, -0.15) is 5.10 Å². The van der Waals surface area contributed by atoms with E-state index in [-0.39, 0.29) is 17.6 Å². The van der Waals surface area contributed by atoms with Crippen LogP contribution < -0.4 is 4.74 Å². The highest BCUT2D eigenvalue weighted by atomic mass is 19.1. The lowest BCUT2D eigenvalue weighted by molar-refractivity contribution is 0.414. The Kier molecular flexibility index (Phi) is 4.55. The molecular weight excluding hydrogens is 365 g/mol. The summed E-state index contributed by atoms with van der Waals surface area (Å²) in [5, 5.41) is 5.00. The van der Waals surface area contributed by atoms with Crippen molar-refractivity contribution in [3.63, 3.8) is 0 Å². The Labute approximate surface area is 160 Å². The van der Waals surface area contributed by atoms with Gasteiger partial charge in [-0.05, 0) is 42.8 Å². The Morgan fingerprint density at radius 1 is 0.964 bits per heavy atom. The second-order valence-corrected chi connectivity index (χ2v) is 6.56. The first-order chi connectivity index (χ1) is 13.5. The molecule has 1 heterocycles. The molecule has 3 aromatic carbocycles. The van der Waals surface area contributed by atoms with E-state index < -0.39 is 17.5 Å². The fourth-order valence-electron chi connectivity index (χ4n) is 3.36. The second-order valence-electron chi connectivity index (χ2n) is 6.56. The zero-order valence-corrected chi connectivity index (χ0v) is 15.3. The quantitative estimate of drug-likeness (QED) is 0.467. The molecule has 0 aliphatic rings. The van der Waals surface area contributed by atoms with Gasteiger partial charge in [0.25, 0.3) is 0 Å². The van der Waals surface area contributed by atoms with Crippen LogP contribution in [0.5, 0.6) is 5.75 Å². The number of aryl methyl sites for hydroxylation is 1. The predicted molar refractivity (Wildman–Crippen MR) is 102 cm³/mol. The number of rotatable bonds is 4. The van der Waals surface area contributed by atoms with Gasteiger partial charge >= 0.3 is 0 Å². The normalized spacial score (nSPS) is 11.2. The van der Waals surface area contributed by atoms with Crippen molar-refractivity contribution in [3.05, 3.63) is 83.2 Å². The fraction of sp³-hybridized carbons (Fsp3) is 0.136. The molecule has 1 aromatic heterocycles. The van der Waals surface area contributed by atoms with Crippen LogP contribution in [0.15, 0.2) is 54.6 Å². The molecule has 4 rings (SSSR count). The zero-order chi connectivity index (χ0) is 19.8. The second kappa shape index (κ2) is 7.03. The molecule has 0 aliphatic heterocycles. The van der Waals surface area contributed by atoms with E-state index in [1.165, 1.54) is 18.2 Å². The van der Waals surface area contributed by atoms with Crippen LogP contribution in [-0.4, -0.2) is 16.9 Å². The fourth-order valence-corrected chi connectivity index (χ4v) is 3.36. The van der Waals surface area contributed by atoms with Gasteiger partial charge in [-0.1, -0.05) is 18.2 Å². The monoisotopic (exact) mass is 382 g/mol. The number of hydrogen-bond donors (Lipinski definition) is 0. The standard InChI is InChI=1S/C22H17F3N2O/c1-13-10-16(28-2)8-9-17(13)22-18-4-3-5-19(24)21(18)26-27(22)12-14-6-7-15(23)11-20(14)25/h3-11H,12H2,1-2H3. The summed E-state index contributed by atoms with van der Waals surface area (Å²) in [6, 6.07) is 13.7. The molecule has 28 heavy (non-hydrogen) atoms. The molecule has 0 amide bonds. The lowest BCUT2D eigenvalue weighted by Gasteiger charge is -2.12. The number of ether oxygens (including phenoxy) is 1. The molecule has 0 unspecified atom stereocenters. The first-order valence-corrected chi connectivity index (χ1v) is 8.72. The first kappa shape index (κ1) is 18.1. The molecule has 0 radical (unpaired) electrons. The molecule has 0 atom stereocenters. The van der Waals surface area contributed by atoms with Crippen LogP contribution in [0.3, 0.4) is 0 Å². The van der Waals surface area contributed by atoms with Crippen molar-refractivity contribution in [2.24, 2.45) is 0 Å². The zero-order valence-electron chi connectivity index (χ0n) is 15.3. The number of halogens is 3. The predicted octanol–water partition coefficient (Wildman–Crippen LogP) is 5.49. The van der Waals surface area contributed by atoms with E-state index in [2.05, 4.69) is 5.10 Å². The molecule has 0 fully saturated rings. The molecule has 0 spiro atoms. The maximum Gasteiger partial charge on any atom is 0.151 e. The number of aromatic nitrogens is 2. The minimum atomic E-state index is -0.669. The van der Waals surface area contributed by atoms with Gasteiger partial charge in [0.2, 0.25) is 0 Å². The highest BCUT2D eigenvalue weighted by Crippen LogP contribution is 2.34. The molecule has 4 aromatic rings. The van der Waals surface area contributed by atoms with Crippen molar-refractivity contribution in [2.75, 3.05) is 7.11 Å². The van der Waals surface area contributed by atoms with E-state index in [4.69, 9.17) is 4.74 Å². The number of benzene rings is 3. The minimum absolute atomic E-state index is 0.0427. The third-order valence-electron chi connectivity index (χ3n) is 4.74. The minimum Gasteiger partial charge on any atom is -0.497 e. The van der Waals surface area contributed by atoms with Crippen LogP contribution in [0.25, 0.3) is 22.2 Å². The topological polar surface area (TPSA) is 27.1 Å². The van der Waals surface area contributed by atoms with Gasteiger partial charge in [0.05, 0.1) is 19.3 Å². The summed E-state index contributed by atoms with van der Waals surface area (Å²) in [7, 11) is 1.58. The van der Waals surface area contributed by atoms with Crippen molar-refractivity contribution in [2.45, 2.75) is 13.5 Å². The molecule has 6 heteroatoms. The Morgan fingerprint density at radius 2 is 1.79 bits per heavy atom. The van der Waals surface area contributed by atoms with Gasteiger partial charge in [0.15, 0.2) is 5.82 Å². The third kappa shape index (κ3) is 3.11. The Hall–Kier alpha value is -3.28. The lowest BCUT2D eigenvalue weighted by atomic mass is 10.0. The summed E-state index contributed by atoms with van der Waals surface area (Å²) >= 11 is 0. The highest BCUT2D eigenvalue weighted by Gasteiger charge is 2.19. The molecule has 0 aliphatic carbocycles. The van der Waals surface area contributed by atoms with E-state index in [0.29, 0.717) is 16.8 Å². The summed E-state index contributed by atoms with van der Waals surface area (Å²) in [4.78, 5) is 0.